The maximum absolute atomic E-state index is 9.33. The molecule has 8 nitrogen and oxygen atoms in total. The van der Waals surface area contributed by atoms with E-state index in [4.69, 9.17) is 11.0 Å². The molecule has 0 saturated heterocycles. The summed E-state index contributed by atoms with van der Waals surface area (Å²) < 4.78 is 0. The molecular formula is C13H4N8. The fourth-order valence-electron chi connectivity index (χ4n) is 1.98. The van der Waals surface area contributed by atoms with E-state index in [9.17, 15) is 10.5 Å². The quantitative estimate of drug-likeness (QED) is 0.630. The van der Waals surface area contributed by atoms with E-state index in [0.717, 1.165) is 0 Å². The molecule has 3 heterocycles. The Balaban J connectivity index is 2.70. The van der Waals surface area contributed by atoms with Crippen molar-refractivity contribution in [2.45, 2.75) is 0 Å². The summed E-state index contributed by atoms with van der Waals surface area (Å²) in [5.41, 5.74) is 6.76. The number of fused-ring (bicyclic) bond motifs is 2. The molecule has 0 spiro atoms. The summed E-state index contributed by atoms with van der Waals surface area (Å²) >= 11 is 0. The standard InChI is InChI=1S/C13H4N8/c14-1-6-4-18-10-8(3-16)12-13(20-5-19-12)21-11(10)7(2-15)9(6)17/h4-5H,17H2. The lowest BCUT2D eigenvalue weighted by atomic mass is 10.1. The van der Waals surface area contributed by atoms with Crippen molar-refractivity contribution < 1.29 is 0 Å². The van der Waals surface area contributed by atoms with Crippen LogP contribution < -0.4 is 5.73 Å². The Morgan fingerprint density at radius 1 is 0.857 bits per heavy atom. The first kappa shape index (κ1) is 12.2. The number of hydrogen-bond acceptors (Lipinski definition) is 8. The van der Waals surface area contributed by atoms with Crippen molar-refractivity contribution in [3.63, 3.8) is 0 Å². The average Bonchev–Trinajstić information content (AvgIpc) is 2.91. The minimum atomic E-state index is -0.0299. The number of anilines is 1. The van der Waals surface area contributed by atoms with Crippen LogP contribution in [0.3, 0.4) is 0 Å². The molecule has 8 heteroatoms. The van der Waals surface area contributed by atoms with Crippen LogP contribution in [0.2, 0.25) is 0 Å². The molecule has 3 aromatic heterocycles. The van der Waals surface area contributed by atoms with Crippen molar-refractivity contribution in [2.24, 2.45) is 0 Å². The summed E-state index contributed by atoms with van der Waals surface area (Å²) in [6, 6.07) is 5.75. The van der Waals surface area contributed by atoms with Gasteiger partial charge in [-0.3, -0.25) is 4.98 Å². The monoisotopic (exact) mass is 272 g/mol. The van der Waals surface area contributed by atoms with Gasteiger partial charge in [-0.1, -0.05) is 0 Å². The Hall–Kier alpha value is -3.83. The molecule has 0 aromatic carbocycles. The van der Waals surface area contributed by atoms with E-state index in [2.05, 4.69) is 19.9 Å². The number of pyridine rings is 1. The van der Waals surface area contributed by atoms with Crippen molar-refractivity contribution in [1.82, 2.24) is 19.9 Å². The number of aromatic nitrogens is 4. The van der Waals surface area contributed by atoms with Crippen LogP contribution in [0.15, 0.2) is 12.5 Å². The SMILES string of the molecule is N#Cc1cnc2c(C#N)c3ncnc3nc2c(C#N)c1N. The van der Waals surface area contributed by atoms with Gasteiger partial charge in [0.15, 0.2) is 5.65 Å². The van der Waals surface area contributed by atoms with E-state index < -0.39 is 0 Å². The summed E-state index contributed by atoms with van der Waals surface area (Å²) in [5, 5.41) is 27.7. The Morgan fingerprint density at radius 2 is 1.62 bits per heavy atom. The van der Waals surface area contributed by atoms with E-state index in [1.165, 1.54) is 12.5 Å². The smallest absolute Gasteiger partial charge is 0.181 e. The molecule has 96 valence electrons. The van der Waals surface area contributed by atoms with Crippen LogP contribution in [0.1, 0.15) is 16.7 Å². The zero-order valence-electron chi connectivity index (χ0n) is 10.4. The number of nitrogen functional groups attached to an aromatic ring is 1. The van der Waals surface area contributed by atoms with Gasteiger partial charge in [0.1, 0.15) is 52.2 Å². The Labute approximate surface area is 117 Å². The summed E-state index contributed by atoms with van der Waals surface area (Å²) in [5.74, 6) is 0. The zero-order chi connectivity index (χ0) is 15.0. The van der Waals surface area contributed by atoms with Crippen molar-refractivity contribution in [1.29, 1.82) is 15.8 Å². The molecule has 0 radical (unpaired) electrons. The van der Waals surface area contributed by atoms with E-state index in [1.807, 2.05) is 18.2 Å². The molecule has 0 saturated carbocycles. The van der Waals surface area contributed by atoms with Gasteiger partial charge in [0.25, 0.3) is 0 Å². The molecule has 0 unspecified atom stereocenters. The van der Waals surface area contributed by atoms with Gasteiger partial charge in [0.2, 0.25) is 0 Å². The van der Waals surface area contributed by atoms with Crippen LogP contribution in [0, 0.1) is 34.0 Å². The van der Waals surface area contributed by atoms with Crippen LogP contribution in [0.4, 0.5) is 5.69 Å². The molecule has 3 rings (SSSR count). The topological polar surface area (TPSA) is 149 Å². The van der Waals surface area contributed by atoms with Gasteiger partial charge in [-0.15, -0.1) is 0 Å². The van der Waals surface area contributed by atoms with Gasteiger partial charge in [0.05, 0.1) is 11.3 Å². The van der Waals surface area contributed by atoms with Gasteiger partial charge >= 0.3 is 0 Å². The third-order valence-electron chi connectivity index (χ3n) is 2.96. The van der Waals surface area contributed by atoms with Gasteiger partial charge in [-0.2, -0.15) is 15.8 Å². The molecule has 0 fully saturated rings. The van der Waals surface area contributed by atoms with Gasteiger partial charge in [-0.05, 0) is 0 Å². The van der Waals surface area contributed by atoms with Gasteiger partial charge in [-0.25, -0.2) is 15.0 Å². The van der Waals surface area contributed by atoms with E-state index in [1.54, 1.807) is 0 Å². The highest BCUT2D eigenvalue weighted by Crippen LogP contribution is 2.27. The predicted octanol–water partition coefficient (Wildman–Crippen LogP) is 0.770. The number of imidazole rings is 1. The van der Waals surface area contributed by atoms with Crippen LogP contribution in [-0.4, -0.2) is 19.9 Å². The highest BCUT2D eigenvalue weighted by Gasteiger charge is 2.17. The Morgan fingerprint density at radius 3 is 2.29 bits per heavy atom. The maximum atomic E-state index is 9.33. The molecule has 0 aliphatic heterocycles. The van der Waals surface area contributed by atoms with Crippen molar-refractivity contribution >= 4 is 27.9 Å². The molecule has 21 heavy (non-hydrogen) atoms. The number of nitrogens with two attached hydrogens (primary N) is 1. The maximum Gasteiger partial charge on any atom is 0.181 e. The molecule has 3 aromatic rings. The minimum Gasteiger partial charge on any atom is -0.396 e. The zero-order valence-corrected chi connectivity index (χ0v) is 10.4. The third kappa shape index (κ3) is 1.59. The lowest BCUT2D eigenvalue weighted by molar-refractivity contribution is 1.32. The molecule has 0 atom stereocenters. The summed E-state index contributed by atoms with van der Waals surface area (Å²) in [7, 11) is 0. The number of nitrogens with zero attached hydrogens (tertiary/aromatic N) is 7. The highest BCUT2D eigenvalue weighted by molar-refractivity contribution is 5.98. The van der Waals surface area contributed by atoms with Crippen molar-refractivity contribution in [3.05, 3.63) is 29.2 Å². The summed E-state index contributed by atoms with van der Waals surface area (Å²) in [4.78, 5) is 16.2. The third-order valence-corrected chi connectivity index (χ3v) is 2.96. The van der Waals surface area contributed by atoms with E-state index in [0.29, 0.717) is 5.52 Å². The lowest BCUT2D eigenvalue weighted by Gasteiger charge is -1.98. The number of hydrogen-bond donors (Lipinski definition) is 1. The second-order valence-corrected chi connectivity index (χ2v) is 4.03. The Kier molecular flexibility index (Phi) is 2.54. The predicted molar refractivity (Wildman–Crippen MR) is 71.2 cm³/mol. The fourth-order valence-corrected chi connectivity index (χ4v) is 1.98. The van der Waals surface area contributed by atoms with Crippen LogP contribution in [0.25, 0.3) is 22.2 Å². The first-order valence-corrected chi connectivity index (χ1v) is 5.64. The summed E-state index contributed by atoms with van der Waals surface area (Å²) in [6.07, 6.45) is 2.48. The van der Waals surface area contributed by atoms with E-state index >= 15 is 0 Å². The first-order chi connectivity index (χ1) is 10.2. The first-order valence-electron chi connectivity index (χ1n) is 5.64. The fraction of sp³-hybridized carbons (Fsp3) is 0. The molecule has 0 amide bonds. The second kappa shape index (κ2) is 4.37. The van der Waals surface area contributed by atoms with Crippen LogP contribution >= 0.6 is 0 Å². The molecule has 2 N–H and O–H groups in total. The molecule has 0 aliphatic rings. The van der Waals surface area contributed by atoms with Crippen molar-refractivity contribution in [3.8, 4) is 18.2 Å². The van der Waals surface area contributed by atoms with Crippen LogP contribution in [0.5, 0.6) is 0 Å². The lowest BCUT2D eigenvalue weighted by Crippen LogP contribution is -1.94. The molecule has 0 bridgehead atoms. The minimum absolute atomic E-state index is 0.0135. The molecular weight excluding hydrogens is 268 g/mol. The second-order valence-electron chi connectivity index (χ2n) is 4.03. The largest absolute Gasteiger partial charge is 0.396 e. The number of nitriles is 3. The average molecular weight is 272 g/mol. The van der Waals surface area contributed by atoms with E-state index in [-0.39, 0.29) is 39.1 Å². The number of rotatable bonds is 0. The van der Waals surface area contributed by atoms with Gasteiger partial charge < -0.3 is 5.73 Å². The van der Waals surface area contributed by atoms with Crippen LogP contribution in [-0.2, 0) is 0 Å². The summed E-state index contributed by atoms with van der Waals surface area (Å²) in [6.45, 7) is 0. The van der Waals surface area contributed by atoms with Crippen molar-refractivity contribution in [2.75, 3.05) is 5.73 Å². The Bertz CT molecular complexity index is 1030. The molecule has 0 aliphatic carbocycles. The highest BCUT2D eigenvalue weighted by atomic mass is 15.0. The normalized spacial score (nSPS) is 9.95. The van der Waals surface area contributed by atoms with Gasteiger partial charge in [0, 0.05) is 6.20 Å².